The number of carboxylic acid groups (broad SMARTS) is 1. The third-order valence-corrected chi connectivity index (χ3v) is 6.26. The van der Waals surface area contributed by atoms with Gasteiger partial charge in [-0.3, -0.25) is 9.59 Å². The molecule has 2 aromatic rings. The van der Waals surface area contributed by atoms with Crippen LogP contribution in [-0.2, 0) is 19.6 Å². The number of pyridine rings is 1. The number of piperazine rings is 1. The molecule has 3 heterocycles. The molecule has 1 amide bonds. The smallest absolute Gasteiger partial charge is 0.315 e. The molecule has 1 aliphatic rings. The van der Waals surface area contributed by atoms with E-state index in [9.17, 15) is 18.0 Å². The lowest BCUT2D eigenvalue weighted by molar-refractivity contribution is -0.150. The summed E-state index contributed by atoms with van der Waals surface area (Å²) in [6, 6.07) is 3.35. The Labute approximate surface area is 144 Å². The zero-order chi connectivity index (χ0) is 18.2. The predicted octanol–water partition coefficient (Wildman–Crippen LogP) is 0.117. The number of carbonyl (C=O) groups excluding carboxylic acids is 1. The molecule has 134 valence electrons. The minimum absolute atomic E-state index is 0.118. The van der Waals surface area contributed by atoms with Gasteiger partial charge in [0.1, 0.15) is 16.5 Å². The highest BCUT2D eigenvalue weighted by Gasteiger charge is 2.34. The Kier molecular flexibility index (Phi) is 4.48. The Morgan fingerprint density at radius 3 is 2.60 bits per heavy atom. The lowest BCUT2D eigenvalue weighted by Crippen LogP contribution is -2.52. The SMILES string of the molecule is CC(C(=O)O)C(=O)N1CCN(S(=O)(=O)c2c[nH]c3ncccc23)CC1. The van der Waals surface area contributed by atoms with Crippen molar-refractivity contribution in [3.63, 3.8) is 0 Å². The fraction of sp³-hybridized carbons (Fsp3) is 0.400. The minimum atomic E-state index is -3.72. The number of hydrogen-bond donors (Lipinski definition) is 2. The van der Waals surface area contributed by atoms with Crippen molar-refractivity contribution in [3.8, 4) is 0 Å². The highest BCUT2D eigenvalue weighted by molar-refractivity contribution is 7.89. The molecule has 1 aliphatic heterocycles. The normalized spacial score (nSPS) is 17.6. The standard InChI is InChI=1S/C15H18N4O5S/c1-10(15(21)22)14(20)18-5-7-19(8-6-18)25(23,24)12-9-17-13-11(12)3-2-4-16-13/h2-4,9-10H,5-8H2,1H3,(H,16,17)(H,21,22). The van der Waals surface area contributed by atoms with Gasteiger partial charge >= 0.3 is 5.97 Å². The van der Waals surface area contributed by atoms with E-state index in [2.05, 4.69) is 9.97 Å². The van der Waals surface area contributed by atoms with Crippen molar-refractivity contribution in [3.05, 3.63) is 24.5 Å². The van der Waals surface area contributed by atoms with Crippen LogP contribution in [0.1, 0.15) is 6.92 Å². The monoisotopic (exact) mass is 366 g/mol. The number of nitrogens with zero attached hydrogens (tertiary/aromatic N) is 3. The first kappa shape index (κ1) is 17.4. The van der Waals surface area contributed by atoms with Gasteiger partial charge in [0.15, 0.2) is 0 Å². The van der Waals surface area contributed by atoms with Crippen molar-refractivity contribution in [2.45, 2.75) is 11.8 Å². The molecular weight excluding hydrogens is 348 g/mol. The molecule has 0 spiro atoms. The van der Waals surface area contributed by atoms with Crippen molar-refractivity contribution < 1.29 is 23.1 Å². The number of nitrogens with one attached hydrogen (secondary N) is 1. The van der Waals surface area contributed by atoms with Crippen molar-refractivity contribution in [2.24, 2.45) is 5.92 Å². The number of carboxylic acids is 1. The number of aliphatic carboxylic acids is 1. The topological polar surface area (TPSA) is 124 Å². The molecule has 0 aliphatic carbocycles. The molecule has 9 nitrogen and oxygen atoms in total. The summed E-state index contributed by atoms with van der Waals surface area (Å²) >= 11 is 0. The number of amides is 1. The van der Waals surface area contributed by atoms with E-state index in [1.54, 1.807) is 18.3 Å². The molecular formula is C15H18N4O5S. The molecule has 1 saturated heterocycles. The molecule has 0 aromatic carbocycles. The van der Waals surface area contributed by atoms with Gasteiger partial charge in [0.2, 0.25) is 15.9 Å². The van der Waals surface area contributed by atoms with E-state index in [0.29, 0.717) is 11.0 Å². The number of rotatable bonds is 4. The Morgan fingerprint density at radius 1 is 1.28 bits per heavy atom. The van der Waals surface area contributed by atoms with Crippen LogP contribution in [0, 0.1) is 5.92 Å². The minimum Gasteiger partial charge on any atom is -0.481 e. The van der Waals surface area contributed by atoms with Gasteiger partial charge in [0.05, 0.1) is 0 Å². The summed E-state index contributed by atoms with van der Waals surface area (Å²) in [5.41, 5.74) is 0.491. The number of hydrogen-bond acceptors (Lipinski definition) is 5. The third-order valence-electron chi connectivity index (χ3n) is 4.32. The zero-order valence-electron chi connectivity index (χ0n) is 13.5. The second-order valence-electron chi connectivity index (χ2n) is 5.84. The van der Waals surface area contributed by atoms with Gasteiger partial charge in [0.25, 0.3) is 0 Å². The van der Waals surface area contributed by atoms with Crippen molar-refractivity contribution in [2.75, 3.05) is 26.2 Å². The summed E-state index contributed by atoms with van der Waals surface area (Å²) < 4.78 is 27.0. The van der Waals surface area contributed by atoms with Gasteiger partial charge in [-0.15, -0.1) is 0 Å². The second kappa shape index (κ2) is 6.45. The maximum absolute atomic E-state index is 12.9. The summed E-state index contributed by atoms with van der Waals surface area (Å²) in [6.07, 6.45) is 2.99. The summed E-state index contributed by atoms with van der Waals surface area (Å²) in [5.74, 6) is -2.82. The van der Waals surface area contributed by atoms with Crippen LogP contribution in [-0.4, -0.2) is 70.8 Å². The number of sulfonamides is 1. The highest BCUT2D eigenvalue weighted by Crippen LogP contribution is 2.25. The molecule has 0 bridgehead atoms. The quantitative estimate of drug-likeness (QED) is 0.741. The molecule has 1 fully saturated rings. The van der Waals surface area contributed by atoms with Gasteiger partial charge in [-0.25, -0.2) is 13.4 Å². The number of H-pyrrole nitrogens is 1. The van der Waals surface area contributed by atoms with Crippen molar-refractivity contribution in [1.82, 2.24) is 19.2 Å². The fourth-order valence-corrected chi connectivity index (χ4v) is 4.38. The molecule has 3 rings (SSSR count). The third kappa shape index (κ3) is 3.10. The van der Waals surface area contributed by atoms with Crippen molar-refractivity contribution >= 4 is 32.9 Å². The lowest BCUT2D eigenvalue weighted by atomic mass is 10.1. The number of fused-ring (bicyclic) bond motifs is 1. The summed E-state index contributed by atoms with van der Waals surface area (Å²) in [7, 11) is -3.72. The Hall–Kier alpha value is -2.46. The van der Waals surface area contributed by atoms with Crippen LogP contribution in [0.2, 0.25) is 0 Å². The van der Waals surface area contributed by atoms with Crippen LogP contribution >= 0.6 is 0 Å². The Morgan fingerprint density at radius 2 is 1.96 bits per heavy atom. The summed E-state index contributed by atoms with van der Waals surface area (Å²) in [6.45, 7) is 1.89. The van der Waals surface area contributed by atoms with E-state index in [0.717, 1.165) is 0 Å². The number of carbonyl (C=O) groups is 2. The molecule has 10 heteroatoms. The van der Waals surface area contributed by atoms with Gasteiger partial charge < -0.3 is 15.0 Å². The fourth-order valence-electron chi connectivity index (χ4n) is 2.81. The molecule has 1 unspecified atom stereocenters. The summed E-state index contributed by atoms with van der Waals surface area (Å²) in [5, 5.41) is 9.44. The van der Waals surface area contributed by atoms with Crippen LogP contribution in [0.25, 0.3) is 11.0 Å². The first-order valence-corrected chi connectivity index (χ1v) is 9.20. The number of aromatic nitrogens is 2. The molecule has 0 saturated carbocycles. The maximum Gasteiger partial charge on any atom is 0.315 e. The second-order valence-corrected chi connectivity index (χ2v) is 7.75. The average Bonchev–Trinajstić information content (AvgIpc) is 3.05. The first-order valence-electron chi connectivity index (χ1n) is 7.76. The number of aromatic amines is 1. The van der Waals surface area contributed by atoms with Crippen molar-refractivity contribution in [1.29, 1.82) is 0 Å². The summed E-state index contributed by atoms with van der Waals surface area (Å²) in [4.78, 5) is 31.5. The molecule has 2 aromatic heterocycles. The Balaban J connectivity index is 1.76. The van der Waals surface area contributed by atoms with Gasteiger partial charge in [-0.05, 0) is 19.1 Å². The van der Waals surface area contributed by atoms with E-state index in [4.69, 9.17) is 5.11 Å². The first-order chi connectivity index (χ1) is 11.8. The van der Waals surface area contributed by atoms with Gasteiger partial charge in [-0.2, -0.15) is 4.31 Å². The zero-order valence-corrected chi connectivity index (χ0v) is 14.4. The maximum atomic E-state index is 12.9. The lowest BCUT2D eigenvalue weighted by Gasteiger charge is -2.34. The van der Waals surface area contributed by atoms with Gasteiger partial charge in [-0.1, -0.05) is 0 Å². The van der Waals surface area contributed by atoms with Crippen LogP contribution < -0.4 is 0 Å². The highest BCUT2D eigenvalue weighted by atomic mass is 32.2. The average molecular weight is 366 g/mol. The van der Waals surface area contributed by atoms with Gasteiger partial charge in [0, 0.05) is 44.0 Å². The van der Waals surface area contributed by atoms with Crippen LogP contribution in [0.3, 0.4) is 0 Å². The van der Waals surface area contributed by atoms with E-state index < -0.39 is 27.8 Å². The molecule has 0 radical (unpaired) electrons. The molecule has 2 N–H and O–H groups in total. The van der Waals surface area contributed by atoms with E-state index >= 15 is 0 Å². The Bertz CT molecular complexity index is 915. The molecule has 25 heavy (non-hydrogen) atoms. The van der Waals surface area contributed by atoms with Crippen LogP contribution in [0.5, 0.6) is 0 Å². The van der Waals surface area contributed by atoms with E-state index in [-0.39, 0.29) is 31.1 Å². The largest absolute Gasteiger partial charge is 0.481 e. The van der Waals surface area contributed by atoms with Crippen LogP contribution in [0.15, 0.2) is 29.4 Å². The predicted molar refractivity (Wildman–Crippen MR) is 88.2 cm³/mol. The van der Waals surface area contributed by atoms with E-state index in [1.807, 2.05) is 0 Å². The van der Waals surface area contributed by atoms with Crippen LogP contribution in [0.4, 0.5) is 0 Å². The molecule has 1 atom stereocenters. The van der Waals surface area contributed by atoms with E-state index in [1.165, 1.54) is 22.3 Å².